The summed E-state index contributed by atoms with van der Waals surface area (Å²) in [6.07, 6.45) is 7.03. The van der Waals surface area contributed by atoms with E-state index in [1.54, 1.807) is 6.20 Å². The molecule has 1 aliphatic heterocycles. The quantitative estimate of drug-likeness (QED) is 0.797. The average molecular weight is 225 g/mol. The van der Waals surface area contributed by atoms with Crippen LogP contribution in [0.4, 0.5) is 0 Å². The van der Waals surface area contributed by atoms with Gasteiger partial charge < -0.3 is 9.73 Å². The standard InChI is InChI=1S/C8H12N2O.2ClH/c1-2-4-10-7(3-1)8-5-9-6-11-8;;/h5-7,10H,1-4H2;2*1H. The molecule has 1 saturated heterocycles. The van der Waals surface area contributed by atoms with Gasteiger partial charge >= 0.3 is 0 Å². The Morgan fingerprint density at radius 2 is 2.23 bits per heavy atom. The van der Waals surface area contributed by atoms with Crippen molar-refractivity contribution in [2.24, 2.45) is 0 Å². The summed E-state index contributed by atoms with van der Waals surface area (Å²) < 4.78 is 5.20. The van der Waals surface area contributed by atoms with Crippen LogP contribution in [0, 0.1) is 0 Å². The molecule has 1 fully saturated rings. The Bertz CT molecular complexity index is 210. The molecule has 0 bridgehead atoms. The van der Waals surface area contributed by atoms with E-state index in [-0.39, 0.29) is 24.8 Å². The Morgan fingerprint density at radius 1 is 1.38 bits per heavy atom. The zero-order valence-corrected chi connectivity index (χ0v) is 8.87. The van der Waals surface area contributed by atoms with E-state index in [4.69, 9.17) is 4.42 Å². The Hall–Kier alpha value is -0.250. The number of oxazole rings is 1. The normalized spacial score (nSPS) is 21.4. The third-order valence-electron chi connectivity index (χ3n) is 2.11. The highest BCUT2D eigenvalue weighted by Gasteiger charge is 2.16. The molecule has 0 saturated carbocycles. The zero-order chi connectivity index (χ0) is 7.52. The number of hydrogen-bond donors (Lipinski definition) is 1. The predicted molar refractivity (Wildman–Crippen MR) is 55.6 cm³/mol. The van der Waals surface area contributed by atoms with Gasteiger partial charge in [-0.05, 0) is 19.4 Å². The van der Waals surface area contributed by atoms with Gasteiger partial charge in [0, 0.05) is 0 Å². The van der Waals surface area contributed by atoms with Crippen LogP contribution in [0.2, 0.25) is 0 Å². The third kappa shape index (κ3) is 3.18. The van der Waals surface area contributed by atoms with E-state index in [0.29, 0.717) is 6.04 Å². The van der Waals surface area contributed by atoms with E-state index < -0.39 is 0 Å². The van der Waals surface area contributed by atoms with Crippen molar-refractivity contribution < 1.29 is 4.42 Å². The van der Waals surface area contributed by atoms with Gasteiger partial charge in [-0.15, -0.1) is 24.8 Å². The summed E-state index contributed by atoms with van der Waals surface area (Å²) in [7, 11) is 0. The highest BCUT2D eigenvalue weighted by atomic mass is 35.5. The molecule has 1 atom stereocenters. The van der Waals surface area contributed by atoms with Gasteiger partial charge in [-0.3, -0.25) is 0 Å². The highest BCUT2D eigenvalue weighted by Crippen LogP contribution is 2.21. The fourth-order valence-electron chi connectivity index (χ4n) is 1.49. The Labute approximate surface area is 90.1 Å². The monoisotopic (exact) mass is 224 g/mol. The van der Waals surface area contributed by atoms with Crippen molar-refractivity contribution >= 4 is 24.8 Å². The minimum absolute atomic E-state index is 0. The molecule has 0 spiro atoms. The smallest absolute Gasteiger partial charge is 0.180 e. The van der Waals surface area contributed by atoms with E-state index in [1.165, 1.54) is 25.7 Å². The predicted octanol–water partition coefficient (Wildman–Crippen LogP) is 2.33. The number of hydrogen-bond acceptors (Lipinski definition) is 3. The van der Waals surface area contributed by atoms with Crippen molar-refractivity contribution in [3.63, 3.8) is 0 Å². The maximum atomic E-state index is 5.20. The van der Waals surface area contributed by atoms with Gasteiger partial charge in [-0.2, -0.15) is 0 Å². The number of halogens is 2. The first-order chi connectivity index (χ1) is 5.47. The lowest BCUT2D eigenvalue weighted by atomic mass is 10.0. The number of rotatable bonds is 1. The van der Waals surface area contributed by atoms with Gasteiger partial charge in [-0.25, -0.2) is 4.98 Å². The number of aromatic nitrogens is 1. The molecule has 1 unspecified atom stereocenters. The molecule has 1 aliphatic rings. The number of piperidine rings is 1. The third-order valence-corrected chi connectivity index (χ3v) is 2.11. The van der Waals surface area contributed by atoms with Crippen LogP contribution in [0.1, 0.15) is 31.1 Å². The van der Waals surface area contributed by atoms with Crippen molar-refractivity contribution in [1.82, 2.24) is 10.3 Å². The topological polar surface area (TPSA) is 38.1 Å². The molecule has 5 heteroatoms. The molecule has 2 heterocycles. The van der Waals surface area contributed by atoms with Crippen molar-refractivity contribution in [2.45, 2.75) is 25.3 Å². The lowest BCUT2D eigenvalue weighted by Gasteiger charge is -2.20. The highest BCUT2D eigenvalue weighted by molar-refractivity contribution is 5.85. The average Bonchev–Trinajstić information content (AvgIpc) is 2.58. The van der Waals surface area contributed by atoms with Gasteiger partial charge in [0.05, 0.1) is 12.2 Å². The zero-order valence-electron chi connectivity index (χ0n) is 7.23. The molecule has 0 amide bonds. The van der Waals surface area contributed by atoms with Gasteiger partial charge in [0.15, 0.2) is 6.39 Å². The molecule has 0 radical (unpaired) electrons. The summed E-state index contributed by atoms with van der Waals surface area (Å²) >= 11 is 0. The molecule has 0 aromatic carbocycles. The van der Waals surface area contributed by atoms with Gasteiger partial charge in [0.2, 0.25) is 0 Å². The van der Waals surface area contributed by atoms with E-state index in [2.05, 4.69) is 10.3 Å². The molecule has 1 N–H and O–H groups in total. The number of nitrogens with one attached hydrogen (secondary N) is 1. The summed E-state index contributed by atoms with van der Waals surface area (Å²) in [5.74, 6) is 0.977. The summed E-state index contributed by atoms with van der Waals surface area (Å²) in [6.45, 7) is 1.10. The molecule has 13 heavy (non-hydrogen) atoms. The molecule has 2 rings (SSSR count). The Morgan fingerprint density at radius 3 is 2.77 bits per heavy atom. The van der Waals surface area contributed by atoms with Crippen LogP contribution >= 0.6 is 24.8 Å². The van der Waals surface area contributed by atoms with Crippen LogP contribution in [-0.2, 0) is 0 Å². The van der Waals surface area contributed by atoms with Crippen LogP contribution in [0.15, 0.2) is 17.0 Å². The first-order valence-corrected chi connectivity index (χ1v) is 4.08. The van der Waals surface area contributed by atoms with Crippen LogP contribution in [0.25, 0.3) is 0 Å². The molecular formula is C8H14Cl2N2O. The van der Waals surface area contributed by atoms with E-state index in [9.17, 15) is 0 Å². The molecule has 3 nitrogen and oxygen atoms in total. The van der Waals surface area contributed by atoms with E-state index in [0.717, 1.165) is 12.3 Å². The lowest BCUT2D eigenvalue weighted by Crippen LogP contribution is -2.26. The summed E-state index contributed by atoms with van der Waals surface area (Å²) in [4.78, 5) is 3.89. The second kappa shape index (κ2) is 6.24. The van der Waals surface area contributed by atoms with Crippen molar-refractivity contribution in [2.75, 3.05) is 6.54 Å². The first kappa shape index (κ1) is 12.8. The van der Waals surface area contributed by atoms with E-state index >= 15 is 0 Å². The van der Waals surface area contributed by atoms with Crippen LogP contribution < -0.4 is 5.32 Å². The van der Waals surface area contributed by atoms with Gasteiger partial charge in [-0.1, -0.05) is 6.42 Å². The van der Waals surface area contributed by atoms with E-state index in [1.807, 2.05) is 0 Å². The first-order valence-electron chi connectivity index (χ1n) is 4.08. The van der Waals surface area contributed by atoms with Crippen LogP contribution in [0.3, 0.4) is 0 Å². The maximum absolute atomic E-state index is 5.20. The summed E-state index contributed by atoms with van der Waals surface area (Å²) in [5, 5.41) is 3.39. The molecular weight excluding hydrogens is 211 g/mol. The van der Waals surface area contributed by atoms with Crippen LogP contribution in [0.5, 0.6) is 0 Å². The van der Waals surface area contributed by atoms with Crippen molar-refractivity contribution in [3.05, 3.63) is 18.4 Å². The van der Waals surface area contributed by atoms with Crippen LogP contribution in [-0.4, -0.2) is 11.5 Å². The summed E-state index contributed by atoms with van der Waals surface area (Å²) in [5.41, 5.74) is 0. The molecule has 0 aliphatic carbocycles. The van der Waals surface area contributed by atoms with Gasteiger partial charge in [0.1, 0.15) is 5.76 Å². The minimum atomic E-state index is 0. The molecule has 1 aromatic heterocycles. The van der Waals surface area contributed by atoms with Gasteiger partial charge in [0.25, 0.3) is 0 Å². The lowest BCUT2D eigenvalue weighted by molar-refractivity contribution is 0.349. The Balaban J connectivity index is 0.000000720. The number of nitrogens with zero attached hydrogens (tertiary/aromatic N) is 1. The largest absolute Gasteiger partial charge is 0.447 e. The minimum Gasteiger partial charge on any atom is -0.447 e. The molecule has 1 aromatic rings. The fourth-order valence-corrected chi connectivity index (χ4v) is 1.49. The summed E-state index contributed by atoms with van der Waals surface area (Å²) in [6, 6.07) is 0.409. The SMILES string of the molecule is Cl.Cl.c1ncc(C2CCCCN2)o1. The second-order valence-corrected chi connectivity index (χ2v) is 2.91. The Kier molecular flexibility index (Phi) is 6.12. The maximum Gasteiger partial charge on any atom is 0.180 e. The fraction of sp³-hybridized carbons (Fsp3) is 0.625. The van der Waals surface area contributed by atoms with Crippen molar-refractivity contribution in [1.29, 1.82) is 0 Å². The van der Waals surface area contributed by atoms with Crippen molar-refractivity contribution in [3.8, 4) is 0 Å². The molecule has 76 valence electrons. The second-order valence-electron chi connectivity index (χ2n) is 2.91.